The van der Waals surface area contributed by atoms with E-state index in [2.05, 4.69) is 9.72 Å². The Morgan fingerprint density at radius 1 is 1.50 bits per heavy atom. The molecule has 0 spiro atoms. The smallest absolute Gasteiger partial charge is 0.339 e. The number of hydrogen-bond donors (Lipinski definition) is 0. The third-order valence-corrected chi connectivity index (χ3v) is 2.02. The van der Waals surface area contributed by atoms with E-state index in [4.69, 9.17) is 11.6 Å². The first-order chi connectivity index (χ1) is 6.70. The molecule has 0 radical (unpaired) electrons. The molecule has 0 saturated heterocycles. The van der Waals surface area contributed by atoms with Gasteiger partial charge in [0.15, 0.2) is 0 Å². The third kappa shape index (κ3) is 1.44. The van der Waals surface area contributed by atoms with E-state index in [9.17, 15) is 4.79 Å². The fourth-order valence-electron chi connectivity index (χ4n) is 1.20. The van der Waals surface area contributed by atoms with Gasteiger partial charge in [-0.3, -0.25) is 0 Å². The van der Waals surface area contributed by atoms with Gasteiger partial charge in [-0.2, -0.15) is 0 Å². The maximum atomic E-state index is 11.2. The number of halogens is 1. The summed E-state index contributed by atoms with van der Waals surface area (Å²) in [5.41, 5.74) is 1.16. The van der Waals surface area contributed by atoms with Crippen LogP contribution in [0.4, 0.5) is 0 Å². The van der Waals surface area contributed by atoms with Crippen LogP contribution < -0.4 is 0 Å². The summed E-state index contributed by atoms with van der Waals surface area (Å²) in [7, 11) is 1.34. The van der Waals surface area contributed by atoms with E-state index in [1.807, 2.05) is 0 Å². The highest BCUT2D eigenvalue weighted by Gasteiger charge is 2.06. The van der Waals surface area contributed by atoms with Crippen LogP contribution in [0.1, 0.15) is 10.4 Å². The molecule has 2 rings (SSSR count). The van der Waals surface area contributed by atoms with Gasteiger partial charge >= 0.3 is 5.97 Å². The van der Waals surface area contributed by atoms with Gasteiger partial charge in [0.05, 0.1) is 12.7 Å². The quantitative estimate of drug-likeness (QED) is 0.674. The van der Waals surface area contributed by atoms with Crippen molar-refractivity contribution in [1.82, 2.24) is 9.38 Å². The molecular weight excluding hydrogens is 204 g/mol. The minimum atomic E-state index is -0.378. The fraction of sp³-hybridized carbons (Fsp3) is 0.111. The number of carbonyl (C=O) groups is 1. The van der Waals surface area contributed by atoms with E-state index in [0.717, 1.165) is 0 Å². The summed E-state index contributed by atoms with van der Waals surface area (Å²) in [6, 6.07) is 3.35. The second kappa shape index (κ2) is 3.31. The number of methoxy groups -OCH3 is 1. The number of esters is 1. The van der Waals surface area contributed by atoms with E-state index in [-0.39, 0.29) is 5.97 Å². The molecule has 14 heavy (non-hydrogen) atoms. The molecule has 2 aromatic rings. The molecule has 4 nitrogen and oxygen atoms in total. The van der Waals surface area contributed by atoms with Gasteiger partial charge in [-0.1, -0.05) is 11.6 Å². The van der Waals surface area contributed by atoms with E-state index in [1.54, 1.807) is 28.9 Å². The molecule has 0 aromatic carbocycles. The Morgan fingerprint density at radius 3 is 3.00 bits per heavy atom. The molecule has 0 N–H and O–H groups in total. The van der Waals surface area contributed by atoms with Gasteiger partial charge in [0.2, 0.25) is 0 Å². The molecule has 72 valence electrons. The molecular formula is C9H7ClN2O2. The highest BCUT2D eigenvalue weighted by molar-refractivity contribution is 6.29. The molecule has 0 saturated carbocycles. The number of pyridine rings is 1. The number of fused-ring (bicyclic) bond motifs is 1. The van der Waals surface area contributed by atoms with E-state index in [0.29, 0.717) is 16.4 Å². The Kier molecular flexibility index (Phi) is 2.13. The lowest BCUT2D eigenvalue weighted by Gasteiger charge is -1.99. The Balaban J connectivity index is 2.55. The van der Waals surface area contributed by atoms with Crippen molar-refractivity contribution in [3.8, 4) is 0 Å². The Hall–Kier alpha value is -1.55. The second-order valence-corrected chi connectivity index (χ2v) is 3.13. The molecule has 0 aliphatic carbocycles. The molecule has 0 unspecified atom stereocenters. The van der Waals surface area contributed by atoms with Crippen molar-refractivity contribution in [2.75, 3.05) is 7.11 Å². The van der Waals surface area contributed by atoms with E-state index < -0.39 is 0 Å². The number of nitrogens with zero attached hydrogens (tertiary/aromatic N) is 2. The van der Waals surface area contributed by atoms with Crippen molar-refractivity contribution in [3.63, 3.8) is 0 Å². The SMILES string of the molecule is COC(=O)c1ccc2nc(Cl)cn2c1. The Labute approximate surface area is 85.1 Å². The summed E-state index contributed by atoms with van der Waals surface area (Å²) < 4.78 is 6.26. The number of hydrogen-bond acceptors (Lipinski definition) is 3. The normalized spacial score (nSPS) is 10.4. The number of carbonyl (C=O) groups excluding carboxylic acids is 1. The summed E-state index contributed by atoms with van der Waals surface area (Å²) in [5, 5.41) is 0.395. The zero-order chi connectivity index (χ0) is 10.1. The molecule has 0 aliphatic rings. The molecule has 5 heteroatoms. The molecule has 2 aromatic heterocycles. The maximum absolute atomic E-state index is 11.2. The number of aromatic nitrogens is 2. The average Bonchev–Trinajstić information content (AvgIpc) is 2.55. The first-order valence-corrected chi connectivity index (χ1v) is 4.31. The largest absolute Gasteiger partial charge is 0.465 e. The summed E-state index contributed by atoms with van der Waals surface area (Å²) in [6.07, 6.45) is 3.25. The lowest BCUT2D eigenvalue weighted by atomic mass is 10.3. The van der Waals surface area contributed by atoms with Crippen molar-refractivity contribution in [3.05, 3.63) is 35.2 Å². The van der Waals surface area contributed by atoms with Crippen molar-refractivity contribution < 1.29 is 9.53 Å². The second-order valence-electron chi connectivity index (χ2n) is 2.74. The summed E-state index contributed by atoms with van der Waals surface area (Å²) in [4.78, 5) is 15.2. The van der Waals surface area contributed by atoms with Crippen molar-refractivity contribution in [2.45, 2.75) is 0 Å². The number of imidazole rings is 1. The minimum Gasteiger partial charge on any atom is -0.465 e. The molecule has 0 fully saturated rings. The first-order valence-electron chi connectivity index (χ1n) is 3.93. The third-order valence-electron chi connectivity index (χ3n) is 1.84. The fourth-order valence-corrected chi connectivity index (χ4v) is 1.39. The van der Waals surface area contributed by atoms with Crippen LogP contribution in [0, 0.1) is 0 Å². The standard InChI is InChI=1S/C9H7ClN2O2/c1-14-9(13)6-2-3-8-11-7(10)5-12(8)4-6/h2-5H,1H3. The molecule has 0 atom stereocenters. The van der Waals surface area contributed by atoms with Gasteiger partial charge in [-0.15, -0.1) is 0 Å². The maximum Gasteiger partial charge on any atom is 0.339 e. The zero-order valence-corrected chi connectivity index (χ0v) is 8.15. The van der Waals surface area contributed by atoms with Crippen LogP contribution in [0.2, 0.25) is 5.15 Å². The van der Waals surface area contributed by atoms with E-state index in [1.165, 1.54) is 7.11 Å². The van der Waals surface area contributed by atoms with Gasteiger partial charge in [-0.25, -0.2) is 9.78 Å². The predicted octanol–water partition coefficient (Wildman–Crippen LogP) is 1.77. The number of ether oxygens (including phenoxy) is 1. The molecule has 0 amide bonds. The zero-order valence-electron chi connectivity index (χ0n) is 7.40. The van der Waals surface area contributed by atoms with Crippen LogP contribution in [0.3, 0.4) is 0 Å². The predicted molar refractivity (Wildman–Crippen MR) is 51.5 cm³/mol. The summed E-state index contributed by atoms with van der Waals surface area (Å²) >= 11 is 5.70. The van der Waals surface area contributed by atoms with Crippen molar-refractivity contribution in [2.24, 2.45) is 0 Å². The lowest BCUT2D eigenvalue weighted by Crippen LogP contribution is -2.02. The Bertz CT molecular complexity index is 493. The topological polar surface area (TPSA) is 43.6 Å². The van der Waals surface area contributed by atoms with Gasteiger partial charge in [-0.05, 0) is 12.1 Å². The van der Waals surface area contributed by atoms with Crippen LogP contribution in [-0.2, 0) is 4.74 Å². The monoisotopic (exact) mass is 210 g/mol. The van der Waals surface area contributed by atoms with E-state index >= 15 is 0 Å². The summed E-state index contributed by atoms with van der Waals surface area (Å²) in [5.74, 6) is -0.378. The number of rotatable bonds is 1. The van der Waals surface area contributed by atoms with Crippen LogP contribution >= 0.6 is 11.6 Å². The molecule has 2 heterocycles. The van der Waals surface area contributed by atoms with Crippen LogP contribution in [-0.4, -0.2) is 22.5 Å². The first kappa shape index (κ1) is 9.02. The van der Waals surface area contributed by atoms with Gasteiger partial charge in [0, 0.05) is 12.4 Å². The Morgan fingerprint density at radius 2 is 2.29 bits per heavy atom. The lowest BCUT2D eigenvalue weighted by molar-refractivity contribution is 0.0600. The van der Waals surface area contributed by atoms with Crippen LogP contribution in [0.25, 0.3) is 5.65 Å². The minimum absolute atomic E-state index is 0.378. The van der Waals surface area contributed by atoms with Crippen LogP contribution in [0.5, 0.6) is 0 Å². The highest BCUT2D eigenvalue weighted by atomic mass is 35.5. The molecule has 0 aliphatic heterocycles. The summed E-state index contributed by atoms with van der Waals surface area (Å²) in [6.45, 7) is 0. The van der Waals surface area contributed by atoms with Gasteiger partial charge in [0.1, 0.15) is 10.8 Å². The van der Waals surface area contributed by atoms with Gasteiger partial charge < -0.3 is 9.14 Å². The molecule has 0 bridgehead atoms. The van der Waals surface area contributed by atoms with Crippen molar-refractivity contribution >= 4 is 23.2 Å². The van der Waals surface area contributed by atoms with Crippen LogP contribution in [0.15, 0.2) is 24.5 Å². The van der Waals surface area contributed by atoms with Crippen molar-refractivity contribution in [1.29, 1.82) is 0 Å². The van der Waals surface area contributed by atoms with Gasteiger partial charge in [0.25, 0.3) is 0 Å². The highest BCUT2D eigenvalue weighted by Crippen LogP contribution is 2.11. The average molecular weight is 211 g/mol.